The number of rotatable bonds is 8. The van der Waals surface area contributed by atoms with E-state index in [1.807, 2.05) is 0 Å². The Labute approximate surface area is 143 Å². The zero-order chi connectivity index (χ0) is 17.5. The van der Waals surface area contributed by atoms with Crippen LogP contribution in [0.5, 0.6) is 17.2 Å². The average Bonchev–Trinajstić information content (AvgIpc) is 3.05. The highest BCUT2D eigenvalue weighted by atomic mass is 32.1. The summed E-state index contributed by atoms with van der Waals surface area (Å²) in [4.78, 5) is 12.4. The lowest BCUT2D eigenvalue weighted by Crippen LogP contribution is -2.12. The largest absolute Gasteiger partial charge is 0.493 e. The first-order chi connectivity index (χ1) is 11.6. The standard InChI is InChI=1S/C15H19N3O5S/c1-20-6-5-12-17-18-15(24-12)16-14(19)9-7-10(21-2)13(23-4)11(8-9)22-3/h7-8H,5-6H2,1-4H3,(H,16,18,19). The van der Waals surface area contributed by atoms with Crippen molar-refractivity contribution < 1.29 is 23.7 Å². The zero-order valence-electron chi connectivity index (χ0n) is 13.9. The lowest BCUT2D eigenvalue weighted by atomic mass is 10.1. The molecule has 0 aliphatic heterocycles. The highest BCUT2D eigenvalue weighted by Gasteiger charge is 2.18. The van der Waals surface area contributed by atoms with Gasteiger partial charge in [-0.25, -0.2) is 0 Å². The van der Waals surface area contributed by atoms with Crippen LogP contribution in [0.3, 0.4) is 0 Å². The normalized spacial score (nSPS) is 10.3. The highest BCUT2D eigenvalue weighted by Crippen LogP contribution is 2.38. The van der Waals surface area contributed by atoms with Gasteiger partial charge in [0, 0.05) is 19.1 Å². The minimum absolute atomic E-state index is 0.344. The predicted octanol–water partition coefficient (Wildman–Crippen LogP) is 2.01. The molecule has 24 heavy (non-hydrogen) atoms. The first-order valence-corrected chi connectivity index (χ1v) is 7.87. The maximum atomic E-state index is 12.4. The molecule has 130 valence electrons. The zero-order valence-corrected chi connectivity index (χ0v) is 14.7. The summed E-state index contributed by atoms with van der Waals surface area (Å²) in [6.45, 7) is 0.551. The molecule has 0 radical (unpaired) electrons. The Balaban J connectivity index is 2.18. The van der Waals surface area contributed by atoms with Gasteiger partial charge in [-0.2, -0.15) is 0 Å². The van der Waals surface area contributed by atoms with Gasteiger partial charge in [0.05, 0.1) is 27.9 Å². The molecule has 1 amide bonds. The molecule has 0 atom stereocenters. The van der Waals surface area contributed by atoms with Gasteiger partial charge >= 0.3 is 0 Å². The number of aromatic nitrogens is 2. The Kier molecular flexibility index (Phi) is 6.33. The lowest BCUT2D eigenvalue weighted by molar-refractivity contribution is 0.102. The molecule has 2 rings (SSSR count). The maximum Gasteiger partial charge on any atom is 0.257 e. The Morgan fingerprint density at radius 1 is 1.08 bits per heavy atom. The molecule has 2 aromatic rings. The molecule has 9 heteroatoms. The molecule has 8 nitrogen and oxygen atoms in total. The van der Waals surface area contributed by atoms with Gasteiger partial charge in [0.25, 0.3) is 5.91 Å². The van der Waals surface area contributed by atoms with E-state index >= 15 is 0 Å². The van der Waals surface area contributed by atoms with Crippen molar-refractivity contribution >= 4 is 22.4 Å². The number of anilines is 1. The van der Waals surface area contributed by atoms with Crippen molar-refractivity contribution in [3.63, 3.8) is 0 Å². The summed E-state index contributed by atoms with van der Waals surface area (Å²) in [7, 11) is 6.11. The van der Waals surface area contributed by atoms with Gasteiger partial charge in [0.1, 0.15) is 5.01 Å². The molecule has 0 aliphatic carbocycles. The lowest BCUT2D eigenvalue weighted by Gasteiger charge is -2.13. The molecule has 0 saturated heterocycles. The predicted molar refractivity (Wildman–Crippen MR) is 89.5 cm³/mol. The third kappa shape index (κ3) is 4.12. The van der Waals surface area contributed by atoms with E-state index in [4.69, 9.17) is 18.9 Å². The van der Waals surface area contributed by atoms with Crippen molar-refractivity contribution in [2.24, 2.45) is 0 Å². The number of methoxy groups -OCH3 is 4. The number of nitrogens with one attached hydrogen (secondary N) is 1. The molecule has 1 heterocycles. The number of ether oxygens (including phenoxy) is 4. The number of benzene rings is 1. The summed E-state index contributed by atoms with van der Waals surface area (Å²) >= 11 is 1.30. The summed E-state index contributed by atoms with van der Waals surface area (Å²) in [5, 5.41) is 11.9. The number of hydrogen-bond acceptors (Lipinski definition) is 8. The van der Waals surface area contributed by atoms with E-state index in [2.05, 4.69) is 15.5 Å². The van der Waals surface area contributed by atoms with Gasteiger partial charge in [0.2, 0.25) is 10.9 Å². The van der Waals surface area contributed by atoms with Crippen LogP contribution in [0.15, 0.2) is 12.1 Å². The topological polar surface area (TPSA) is 91.8 Å². The van der Waals surface area contributed by atoms with Crippen LogP contribution < -0.4 is 19.5 Å². The Morgan fingerprint density at radius 3 is 2.29 bits per heavy atom. The first kappa shape index (κ1) is 18.0. The van der Waals surface area contributed by atoms with Crippen molar-refractivity contribution in [3.05, 3.63) is 22.7 Å². The highest BCUT2D eigenvalue weighted by molar-refractivity contribution is 7.15. The third-order valence-electron chi connectivity index (χ3n) is 3.13. The number of amides is 1. The summed E-state index contributed by atoms with van der Waals surface area (Å²) in [6.07, 6.45) is 0.647. The molecule has 0 fully saturated rings. The van der Waals surface area contributed by atoms with E-state index < -0.39 is 0 Å². The number of hydrogen-bond donors (Lipinski definition) is 1. The average molecular weight is 353 g/mol. The second kappa shape index (κ2) is 8.46. The summed E-state index contributed by atoms with van der Waals surface area (Å²) < 4.78 is 20.7. The van der Waals surface area contributed by atoms with Gasteiger partial charge in [-0.1, -0.05) is 11.3 Å². The second-order valence-corrected chi connectivity index (χ2v) is 5.67. The molecule has 1 aromatic heterocycles. The van der Waals surface area contributed by atoms with E-state index in [9.17, 15) is 4.79 Å². The SMILES string of the molecule is COCCc1nnc(NC(=O)c2cc(OC)c(OC)c(OC)c2)s1. The second-order valence-electron chi connectivity index (χ2n) is 4.61. The first-order valence-electron chi connectivity index (χ1n) is 7.05. The molecular formula is C15H19N3O5S. The van der Waals surface area contributed by atoms with Crippen molar-refractivity contribution in [1.29, 1.82) is 0 Å². The molecule has 1 N–H and O–H groups in total. The molecule has 0 spiro atoms. The van der Waals surface area contributed by atoms with Crippen LogP contribution in [0, 0.1) is 0 Å². The molecule has 0 bridgehead atoms. The fraction of sp³-hybridized carbons (Fsp3) is 0.400. The molecule has 0 unspecified atom stereocenters. The van der Waals surface area contributed by atoms with Gasteiger partial charge in [-0.15, -0.1) is 10.2 Å². The Morgan fingerprint density at radius 2 is 1.75 bits per heavy atom. The number of nitrogens with zero attached hydrogens (tertiary/aromatic N) is 2. The van der Waals surface area contributed by atoms with Gasteiger partial charge < -0.3 is 18.9 Å². The molecule has 0 saturated carbocycles. The quantitative estimate of drug-likeness (QED) is 0.776. The van der Waals surface area contributed by atoms with Gasteiger partial charge in [0.15, 0.2) is 11.5 Å². The van der Waals surface area contributed by atoms with E-state index in [0.29, 0.717) is 41.0 Å². The summed E-state index contributed by atoms with van der Waals surface area (Å²) in [6, 6.07) is 3.15. The van der Waals surface area contributed by atoms with Crippen molar-refractivity contribution in [2.75, 3.05) is 40.4 Å². The van der Waals surface area contributed by atoms with Gasteiger partial charge in [-0.05, 0) is 12.1 Å². The van der Waals surface area contributed by atoms with Crippen LogP contribution >= 0.6 is 11.3 Å². The van der Waals surface area contributed by atoms with E-state index in [1.54, 1.807) is 19.2 Å². The van der Waals surface area contributed by atoms with Crippen LogP contribution in [0.25, 0.3) is 0 Å². The summed E-state index contributed by atoms with van der Waals surface area (Å²) in [5.41, 5.74) is 0.359. The Hall–Kier alpha value is -2.39. The van der Waals surface area contributed by atoms with Crippen molar-refractivity contribution in [3.8, 4) is 17.2 Å². The fourth-order valence-electron chi connectivity index (χ4n) is 1.98. The maximum absolute atomic E-state index is 12.4. The smallest absolute Gasteiger partial charge is 0.257 e. The van der Waals surface area contributed by atoms with E-state index in [1.165, 1.54) is 32.7 Å². The van der Waals surface area contributed by atoms with Crippen LogP contribution in [0.1, 0.15) is 15.4 Å². The fourth-order valence-corrected chi connectivity index (χ4v) is 2.69. The summed E-state index contributed by atoms with van der Waals surface area (Å²) in [5.74, 6) is 0.887. The van der Waals surface area contributed by atoms with Crippen LogP contribution in [-0.4, -0.2) is 51.2 Å². The van der Waals surface area contributed by atoms with Crippen LogP contribution in [-0.2, 0) is 11.2 Å². The minimum Gasteiger partial charge on any atom is -0.493 e. The van der Waals surface area contributed by atoms with Crippen molar-refractivity contribution in [1.82, 2.24) is 10.2 Å². The van der Waals surface area contributed by atoms with E-state index in [-0.39, 0.29) is 5.91 Å². The molecule has 1 aromatic carbocycles. The van der Waals surface area contributed by atoms with Gasteiger partial charge in [-0.3, -0.25) is 10.1 Å². The molecular weight excluding hydrogens is 334 g/mol. The Bertz CT molecular complexity index is 679. The van der Waals surface area contributed by atoms with Crippen LogP contribution in [0.4, 0.5) is 5.13 Å². The monoisotopic (exact) mass is 353 g/mol. The van der Waals surface area contributed by atoms with Crippen molar-refractivity contribution in [2.45, 2.75) is 6.42 Å². The third-order valence-corrected chi connectivity index (χ3v) is 4.03. The number of carbonyl (C=O) groups is 1. The molecule has 0 aliphatic rings. The van der Waals surface area contributed by atoms with E-state index in [0.717, 1.165) is 5.01 Å². The number of carbonyl (C=O) groups excluding carboxylic acids is 1. The minimum atomic E-state index is -0.344. The van der Waals surface area contributed by atoms with Crippen LogP contribution in [0.2, 0.25) is 0 Å².